The van der Waals surface area contributed by atoms with Gasteiger partial charge in [-0.05, 0) is 41.8 Å². The number of hydrogen-bond acceptors (Lipinski definition) is 3. The Morgan fingerprint density at radius 1 is 1.07 bits per heavy atom. The van der Waals surface area contributed by atoms with Gasteiger partial charge in [-0.15, -0.1) is 0 Å². The number of carbonyl (C=O) groups is 1. The second-order valence-electron chi connectivity index (χ2n) is 6.63. The van der Waals surface area contributed by atoms with Crippen molar-refractivity contribution >= 4 is 17.6 Å². The molecule has 0 radical (unpaired) electrons. The minimum atomic E-state index is 0.00256. The molecule has 0 fully saturated rings. The van der Waals surface area contributed by atoms with Crippen LogP contribution in [0.4, 0.5) is 5.69 Å². The van der Waals surface area contributed by atoms with Crippen molar-refractivity contribution in [1.29, 1.82) is 0 Å². The Bertz CT molecular complexity index is 787. The van der Waals surface area contributed by atoms with Crippen LogP contribution in [0.3, 0.4) is 0 Å². The Hall–Kier alpha value is -3.02. The average molecular weight is 383 g/mol. The molecular formula is C22H30N4O2. The maximum atomic E-state index is 12.1. The number of carbonyl (C=O) groups excluding carboxylic acids is 1. The van der Waals surface area contributed by atoms with Crippen LogP contribution in [0, 0.1) is 5.92 Å². The van der Waals surface area contributed by atoms with Gasteiger partial charge in [0.05, 0.1) is 7.11 Å². The van der Waals surface area contributed by atoms with Gasteiger partial charge in [-0.1, -0.05) is 38.1 Å². The number of guanidine groups is 1. The van der Waals surface area contributed by atoms with E-state index in [2.05, 4.69) is 20.9 Å². The molecule has 1 amide bonds. The quantitative estimate of drug-likeness (QED) is 0.482. The molecule has 28 heavy (non-hydrogen) atoms. The lowest BCUT2D eigenvalue weighted by atomic mass is 10.1. The van der Waals surface area contributed by atoms with E-state index < -0.39 is 0 Å². The van der Waals surface area contributed by atoms with Gasteiger partial charge in [-0.25, -0.2) is 0 Å². The SMILES string of the molecule is CCC(C)C(=O)Nc1cccc(CNC(=NC)NCc2ccc(OC)cc2)c1. The van der Waals surface area contributed by atoms with E-state index >= 15 is 0 Å². The molecule has 2 aromatic rings. The first-order chi connectivity index (χ1) is 13.5. The third-order valence-electron chi connectivity index (χ3n) is 4.56. The summed E-state index contributed by atoms with van der Waals surface area (Å²) in [4.78, 5) is 16.3. The van der Waals surface area contributed by atoms with Crippen LogP contribution in [0.2, 0.25) is 0 Å². The Balaban J connectivity index is 1.87. The summed E-state index contributed by atoms with van der Waals surface area (Å²) in [5.41, 5.74) is 3.01. The third-order valence-corrected chi connectivity index (χ3v) is 4.56. The standard InChI is InChI=1S/C22H30N4O2/c1-5-16(2)21(27)26-19-8-6-7-18(13-19)15-25-22(23-3)24-14-17-9-11-20(28-4)12-10-17/h6-13,16H,5,14-15H2,1-4H3,(H,26,27)(H2,23,24,25). The Labute approximate surface area is 167 Å². The molecular weight excluding hydrogens is 352 g/mol. The zero-order valence-corrected chi connectivity index (χ0v) is 17.1. The van der Waals surface area contributed by atoms with E-state index in [1.54, 1.807) is 14.2 Å². The molecule has 3 N–H and O–H groups in total. The van der Waals surface area contributed by atoms with Crippen molar-refractivity contribution in [3.8, 4) is 5.75 Å². The highest BCUT2D eigenvalue weighted by Crippen LogP contribution is 2.13. The lowest BCUT2D eigenvalue weighted by molar-refractivity contribution is -0.119. The first-order valence-electron chi connectivity index (χ1n) is 9.53. The summed E-state index contributed by atoms with van der Waals surface area (Å²) in [5.74, 6) is 1.60. The minimum Gasteiger partial charge on any atom is -0.497 e. The number of nitrogens with zero attached hydrogens (tertiary/aromatic N) is 1. The zero-order valence-electron chi connectivity index (χ0n) is 17.1. The summed E-state index contributed by atoms with van der Waals surface area (Å²) in [5, 5.41) is 9.55. The van der Waals surface area contributed by atoms with E-state index in [9.17, 15) is 4.79 Å². The van der Waals surface area contributed by atoms with Crippen molar-refractivity contribution < 1.29 is 9.53 Å². The lowest BCUT2D eigenvalue weighted by Gasteiger charge is -2.14. The van der Waals surface area contributed by atoms with Gasteiger partial charge >= 0.3 is 0 Å². The molecule has 0 bridgehead atoms. The molecule has 1 unspecified atom stereocenters. The fraction of sp³-hybridized carbons (Fsp3) is 0.364. The number of aliphatic imine (C=N–C) groups is 1. The van der Waals surface area contributed by atoms with E-state index in [4.69, 9.17) is 4.74 Å². The smallest absolute Gasteiger partial charge is 0.227 e. The summed E-state index contributed by atoms with van der Waals surface area (Å²) in [6.45, 7) is 5.21. The number of amides is 1. The Morgan fingerprint density at radius 3 is 2.36 bits per heavy atom. The maximum Gasteiger partial charge on any atom is 0.227 e. The molecule has 150 valence electrons. The fourth-order valence-electron chi connectivity index (χ4n) is 2.55. The lowest BCUT2D eigenvalue weighted by Crippen LogP contribution is -2.36. The summed E-state index contributed by atoms with van der Waals surface area (Å²) in [6.07, 6.45) is 0.823. The third kappa shape index (κ3) is 6.61. The largest absolute Gasteiger partial charge is 0.497 e. The molecule has 0 aliphatic carbocycles. The second kappa shape index (κ2) is 11.0. The number of anilines is 1. The van der Waals surface area contributed by atoms with Crippen molar-refractivity contribution in [3.05, 3.63) is 59.7 Å². The predicted molar refractivity (Wildman–Crippen MR) is 115 cm³/mol. The van der Waals surface area contributed by atoms with Crippen molar-refractivity contribution in [3.63, 3.8) is 0 Å². The van der Waals surface area contributed by atoms with Crippen LogP contribution in [0.1, 0.15) is 31.4 Å². The second-order valence-corrected chi connectivity index (χ2v) is 6.63. The number of methoxy groups -OCH3 is 1. The highest BCUT2D eigenvalue weighted by molar-refractivity contribution is 5.92. The van der Waals surface area contributed by atoms with Crippen LogP contribution < -0.4 is 20.7 Å². The molecule has 0 saturated heterocycles. The van der Waals surface area contributed by atoms with Crippen LogP contribution in [-0.2, 0) is 17.9 Å². The van der Waals surface area contributed by atoms with Crippen molar-refractivity contribution in [2.45, 2.75) is 33.4 Å². The number of ether oxygens (including phenoxy) is 1. The van der Waals surface area contributed by atoms with Gasteiger partial charge < -0.3 is 20.7 Å². The van der Waals surface area contributed by atoms with Gasteiger partial charge in [0.1, 0.15) is 5.75 Å². The summed E-state index contributed by atoms with van der Waals surface area (Å²) in [6, 6.07) is 15.7. The van der Waals surface area contributed by atoms with Gasteiger partial charge in [0.15, 0.2) is 5.96 Å². The highest BCUT2D eigenvalue weighted by Gasteiger charge is 2.10. The Kier molecular flexibility index (Phi) is 8.34. The monoisotopic (exact) mass is 382 g/mol. The van der Waals surface area contributed by atoms with E-state index in [1.807, 2.05) is 62.4 Å². The van der Waals surface area contributed by atoms with Crippen LogP contribution in [0.25, 0.3) is 0 Å². The predicted octanol–water partition coefficient (Wildman–Crippen LogP) is 3.55. The van der Waals surface area contributed by atoms with E-state index in [0.717, 1.165) is 29.0 Å². The molecule has 6 nitrogen and oxygen atoms in total. The molecule has 2 aromatic carbocycles. The molecule has 6 heteroatoms. The van der Waals surface area contributed by atoms with E-state index in [0.29, 0.717) is 19.0 Å². The minimum absolute atomic E-state index is 0.00256. The van der Waals surface area contributed by atoms with Crippen LogP contribution in [0.15, 0.2) is 53.5 Å². The van der Waals surface area contributed by atoms with Crippen LogP contribution >= 0.6 is 0 Å². The number of benzene rings is 2. The molecule has 0 aliphatic rings. The highest BCUT2D eigenvalue weighted by atomic mass is 16.5. The first kappa shape index (κ1) is 21.3. The average Bonchev–Trinajstić information content (AvgIpc) is 2.73. The maximum absolute atomic E-state index is 12.1. The number of nitrogens with one attached hydrogen (secondary N) is 3. The van der Waals surface area contributed by atoms with Gasteiger partial charge in [0.2, 0.25) is 5.91 Å². The molecule has 0 spiro atoms. The van der Waals surface area contributed by atoms with Crippen molar-refractivity contribution in [2.24, 2.45) is 10.9 Å². The molecule has 0 saturated carbocycles. The van der Waals surface area contributed by atoms with Crippen molar-refractivity contribution in [2.75, 3.05) is 19.5 Å². The van der Waals surface area contributed by atoms with Crippen LogP contribution in [-0.4, -0.2) is 26.0 Å². The number of rotatable bonds is 8. The van der Waals surface area contributed by atoms with Gasteiger partial charge in [0.25, 0.3) is 0 Å². The summed E-state index contributed by atoms with van der Waals surface area (Å²) < 4.78 is 5.17. The van der Waals surface area contributed by atoms with E-state index in [-0.39, 0.29) is 11.8 Å². The molecule has 1 atom stereocenters. The zero-order chi connectivity index (χ0) is 20.4. The van der Waals surface area contributed by atoms with Crippen molar-refractivity contribution in [1.82, 2.24) is 10.6 Å². The fourth-order valence-corrected chi connectivity index (χ4v) is 2.55. The van der Waals surface area contributed by atoms with Gasteiger partial charge in [-0.2, -0.15) is 0 Å². The van der Waals surface area contributed by atoms with Crippen LogP contribution in [0.5, 0.6) is 5.75 Å². The van der Waals surface area contributed by atoms with E-state index in [1.165, 1.54) is 0 Å². The molecule has 2 rings (SSSR count). The van der Waals surface area contributed by atoms with Gasteiger partial charge in [-0.3, -0.25) is 9.79 Å². The number of hydrogen-bond donors (Lipinski definition) is 3. The van der Waals surface area contributed by atoms with Gasteiger partial charge in [0, 0.05) is 31.7 Å². The first-order valence-corrected chi connectivity index (χ1v) is 9.53. The molecule has 0 aliphatic heterocycles. The summed E-state index contributed by atoms with van der Waals surface area (Å²) >= 11 is 0. The topological polar surface area (TPSA) is 74.8 Å². The molecule has 0 aromatic heterocycles. The molecule has 0 heterocycles. The Morgan fingerprint density at radius 2 is 1.75 bits per heavy atom. The summed E-state index contributed by atoms with van der Waals surface area (Å²) in [7, 11) is 3.40. The normalized spacial score (nSPS) is 12.2.